The van der Waals surface area contributed by atoms with Gasteiger partial charge in [-0.05, 0) is 17.9 Å². The van der Waals surface area contributed by atoms with Gasteiger partial charge in [-0.3, -0.25) is 23.4 Å². The van der Waals surface area contributed by atoms with Crippen LogP contribution in [0.1, 0.15) is 0 Å². The standard InChI is InChI=1S/C21H24F2N9O8PS/c22-13-10(3-33)38-6-21(13,32-8-28-12-17(32)29-19(25)30-18(12)35)40-41(36,42)39-4-11-14(34)20(23,5-37-11)31-2-1-9-15(24)26-7-27-16(9)31/h1-2,7-8,10-11,13-14,33-34H,3-6H2,(H,36,42)(H2,24,26,27)(H3,25,29,30,35)/t10-,11-,13-,14-,20?,21+,41?/m1/s1. The number of imidazole rings is 1. The number of nitrogens with one attached hydrogen (secondary N) is 1. The number of nitrogens with zero attached hydrogens (tertiary/aromatic N) is 6. The molecule has 4 aromatic heterocycles. The first-order valence-electron chi connectivity index (χ1n) is 12.2. The van der Waals surface area contributed by atoms with Crippen LogP contribution < -0.4 is 17.0 Å². The highest BCUT2D eigenvalue weighted by molar-refractivity contribution is 8.07. The van der Waals surface area contributed by atoms with Crippen molar-refractivity contribution < 1.29 is 42.4 Å². The number of alkyl halides is 2. The first kappa shape index (κ1) is 28.9. The van der Waals surface area contributed by atoms with Gasteiger partial charge in [0.1, 0.15) is 42.7 Å². The van der Waals surface area contributed by atoms with Crippen LogP contribution in [0.15, 0.2) is 29.7 Å². The third-order valence-corrected chi connectivity index (χ3v) is 8.73. The van der Waals surface area contributed by atoms with E-state index in [2.05, 4.69) is 24.9 Å². The number of halogens is 2. The van der Waals surface area contributed by atoms with Crippen LogP contribution in [0, 0.1) is 0 Å². The second-order valence-electron chi connectivity index (χ2n) is 9.67. The summed E-state index contributed by atoms with van der Waals surface area (Å²) in [6.07, 6.45) is -3.31. The zero-order valence-electron chi connectivity index (χ0n) is 21.3. The summed E-state index contributed by atoms with van der Waals surface area (Å²) in [4.78, 5) is 41.4. The largest absolute Gasteiger partial charge is 0.394 e. The molecule has 2 fully saturated rings. The number of aliphatic hydroxyl groups excluding tert-OH is 2. The van der Waals surface area contributed by atoms with Gasteiger partial charge >= 0.3 is 6.72 Å². The summed E-state index contributed by atoms with van der Waals surface area (Å²) in [5, 5.41) is 20.8. The molecule has 2 unspecified atom stereocenters. The molecule has 21 heteroatoms. The van der Waals surface area contributed by atoms with E-state index in [0.29, 0.717) is 5.39 Å². The lowest BCUT2D eigenvalue weighted by atomic mass is 10.1. The minimum atomic E-state index is -4.47. The van der Waals surface area contributed by atoms with Crippen LogP contribution in [-0.4, -0.2) is 100 Å². The quantitative estimate of drug-likeness (QED) is 0.124. The molecule has 42 heavy (non-hydrogen) atoms. The molecular formula is C21H24F2N9O8PS. The summed E-state index contributed by atoms with van der Waals surface area (Å²) < 4.78 is 55.8. The third kappa shape index (κ3) is 4.46. The van der Waals surface area contributed by atoms with Crippen molar-refractivity contribution in [3.05, 3.63) is 35.3 Å². The second kappa shape index (κ2) is 10.2. The number of nitrogen functional groups attached to an aromatic ring is 2. The highest BCUT2D eigenvalue weighted by Gasteiger charge is 2.57. The Morgan fingerprint density at radius 3 is 2.71 bits per heavy atom. The van der Waals surface area contributed by atoms with E-state index in [1.807, 2.05) is 0 Å². The summed E-state index contributed by atoms with van der Waals surface area (Å²) in [5.41, 5.74) is 8.08. The summed E-state index contributed by atoms with van der Waals surface area (Å²) in [5.74, 6) is -2.71. The van der Waals surface area contributed by atoms with Crippen molar-refractivity contribution in [2.45, 2.75) is 36.0 Å². The number of aromatic nitrogens is 7. The van der Waals surface area contributed by atoms with Gasteiger partial charge in [-0.2, -0.15) is 4.98 Å². The van der Waals surface area contributed by atoms with Crippen LogP contribution in [0.25, 0.3) is 22.2 Å². The first-order chi connectivity index (χ1) is 19.9. The first-order valence-corrected chi connectivity index (χ1v) is 14.8. The number of hydrogen-bond donors (Lipinski definition) is 6. The van der Waals surface area contributed by atoms with E-state index in [1.165, 1.54) is 12.3 Å². The predicted molar refractivity (Wildman–Crippen MR) is 143 cm³/mol. The Hall–Kier alpha value is -3.20. The average Bonchev–Trinajstić information content (AvgIpc) is 3.70. The fourth-order valence-corrected chi connectivity index (χ4v) is 6.65. The number of aromatic amines is 1. The smallest absolute Gasteiger partial charge is 0.326 e. The van der Waals surface area contributed by atoms with Gasteiger partial charge in [0.25, 0.3) is 5.56 Å². The Labute approximate surface area is 238 Å². The molecule has 8 N–H and O–H groups in total. The Morgan fingerprint density at radius 2 is 1.98 bits per heavy atom. The van der Waals surface area contributed by atoms with Crippen LogP contribution in [0.2, 0.25) is 0 Å². The van der Waals surface area contributed by atoms with E-state index in [-0.39, 0.29) is 28.6 Å². The number of nitrogens with two attached hydrogens (primary N) is 2. The van der Waals surface area contributed by atoms with E-state index in [9.17, 15) is 19.9 Å². The zero-order chi connectivity index (χ0) is 30.0. The number of ether oxygens (including phenoxy) is 2. The van der Waals surface area contributed by atoms with E-state index in [4.69, 9.17) is 41.8 Å². The molecule has 2 aliphatic heterocycles. The highest BCUT2D eigenvalue weighted by atomic mass is 32.5. The molecular weight excluding hydrogens is 607 g/mol. The van der Waals surface area contributed by atoms with Crippen molar-refractivity contribution in [2.75, 3.05) is 37.9 Å². The van der Waals surface area contributed by atoms with Crippen molar-refractivity contribution in [1.82, 2.24) is 34.1 Å². The van der Waals surface area contributed by atoms with Gasteiger partial charge in [0.15, 0.2) is 17.3 Å². The Morgan fingerprint density at radius 1 is 1.21 bits per heavy atom. The van der Waals surface area contributed by atoms with Gasteiger partial charge in [-0.1, -0.05) is 0 Å². The fraction of sp³-hybridized carbons (Fsp3) is 0.476. The average molecular weight is 632 g/mol. The maximum atomic E-state index is 16.1. The normalized spacial score (nSPS) is 31.3. The molecule has 0 aliphatic carbocycles. The molecule has 0 spiro atoms. The van der Waals surface area contributed by atoms with Crippen molar-refractivity contribution in [1.29, 1.82) is 0 Å². The van der Waals surface area contributed by atoms with Crippen LogP contribution in [-0.2, 0) is 41.8 Å². The zero-order valence-corrected chi connectivity index (χ0v) is 23.0. The van der Waals surface area contributed by atoms with Gasteiger partial charge in [0.2, 0.25) is 17.5 Å². The molecule has 4 aromatic rings. The summed E-state index contributed by atoms with van der Waals surface area (Å²) in [6, 6.07) is 1.48. The van der Waals surface area contributed by atoms with Crippen LogP contribution in [0.3, 0.4) is 0 Å². The van der Waals surface area contributed by atoms with Crippen molar-refractivity contribution in [2.24, 2.45) is 0 Å². The van der Waals surface area contributed by atoms with Gasteiger partial charge in [0, 0.05) is 6.20 Å². The molecule has 6 rings (SSSR count). The number of aliphatic hydroxyl groups is 2. The van der Waals surface area contributed by atoms with E-state index in [0.717, 1.165) is 21.8 Å². The van der Waals surface area contributed by atoms with E-state index in [1.54, 1.807) is 0 Å². The SMILES string of the molecule is Nc1nc2c(ncn2[C@]2(OP(O)(=S)OC[C@H]3OCC(F)(n4ccc5c(N)ncnc54)[C@@H]3O)CO[C@H](CO)[C@H]2F)c(=O)[nH]1. The molecule has 2 saturated heterocycles. The molecule has 17 nitrogen and oxygen atoms in total. The van der Waals surface area contributed by atoms with E-state index >= 15 is 8.78 Å². The molecule has 0 saturated carbocycles. The number of anilines is 2. The fourth-order valence-electron chi connectivity index (χ4n) is 5.05. The third-order valence-electron chi connectivity index (χ3n) is 7.17. The minimum Gasteiger partial charge on any atom is -0.394 e. The predicted octanol–water partition coefficient (Wildman–Crippen LogP) is -1.26. The molecule has 6 heterocycles. The van der Waals surface area contributed by atoms with Gasteiger partial charge in [0.05, 0.1) is 31.5 Å². The van der Waals surface area contributed by atoms with Gasteiger partial charge in [-0.15, -0.1) is 0 Å². The monoisotopic (exact) mass is 631 g/mol. The number of fused-ring (bicyclic) bond motifs is 2. The lowest BCUT2D eigenvalue weighted by Crippen LogP contribution is -2.46. The van der Waals surface area contributed by atoms with Crippen LogP contribution in [0.4, 0.5) is 20.5 Å². The number of rotatable bonds is 8. The summed E-state index contributed by atoms with van der Waals surface area (Å²) in [6.45, 7) is -7.17. The summed E-state index contributed by atoms with van der Waals surface area (Å²) >= 11 is 5.14. The van der Waals surface area contributed by atoms with Gasteiger partial charge in [-0.25, -0.2) is 23.7 Å². The Balaban J connectivity index is 1.25. The molecule has 0 radical (unpaired) electrons. The number of hydrogen-bond acceptors (Lipinski definition) is 14. The Kier molecular flexibility index (Phi) is 7.03. The molecule has 0 bridgehead atoms. The highest BCUT2D eigenvalue weighted by Crippen LogP contribution is 2.54. The van der Waals surface area contributed by atoms with Crippen LogP contribution in [0.5, 0.6) is 0 Å². The van der Waals surface area contributed by atoms with Crippen molar-refractivity contribution >= 4 is 52.5 Å². The van der Waals surface area contributed by atoms with Crippen LogP contribution >= 0.6 is 6.72 Å². The second-order valence-corrected chi connectivity index (χ2v) is 12.4. The van der Waals surface area contributed by atoms with Crippen molar-refractivity contribution in [3.8, 4) is 0 Å². The summed E-state index contributed by atoms with van der Waals surface area (Å²) in [7, 11) is 0. The minimum absolute atomic E-state index is 0.112. The lowest BCUT2D eigenvalue weighted by Gasteiger charge is -2.34. The van der Waals surface area contributed by atoms with E-state index < -0.39 is 74.7 Å². The Bertz CT molecular complexity index is 1770. The molecule has 2 aliphatic rings. The molecule has 0 aromatic carbocycles. The maximum absolute atomic E-state index is 16.1. The lowest BCUT2D eigenvalue weighted by molar-refractivity contribution is -0.0745. The topological polar surface area (TPSA) is 244 Å². The molecule has 0 amide bonds. The molecule has 226 valence electrons. The maximum Gasteiger partial charge on any atom is 0.326 e. The number of H-pyrrole nitrogens is 1. The molecule has 7 atom stereocenters. The van der Waals surface area contributed by atoms with Crippen molar-refractivity contribution in [3.63, 3.8) is 0 Å². The van der Waals surface area contributed by atoms with Gasteiger partial charge < -0.3 is 40.6 Å².